The van der Waals surface area contributed by atoms with Crippen LogP contribution >= 0.6 is 0 Å². The van der Waals surface area contributed by atoms with E-state index < -0.39 is 0 Å². The smallest absolute Gasteiger partial charge is 0.274 e. The van der Waals surface area contributed by atoms with E-state index in [4.69, 9.17) is 0 Å². The fourth-order valence-corrected chi connectivity index (χ4v) is 2.94. The number of benzene rings is 1. The van der Waals surface area contributed by atoms with Crippen molar-refractivity contribution in [2.24, 2.45) is 0 Å². The summed E-state index contributed by atoms with van der Waals surface area (Å²) in [4.78, 5) is 21.0. The molecule has 0 unspecified atom stereocenters. The van der Waals surface area contributed by atoms with E-state index >= 15 is 0 Å². The lowest BCUT2D eigenvalue weighted by Crippen LogP contribution is -2.19. The van der Waals surface area contributed by atoms with Crippen molar-refractivity contribution in [3.8, 4) is 0 Å². The molecule has 2 N–H and O–H groups in total. The van der Waals surface area contributed by atoms with Crippen LogP contribution < -0.4 is 10.6 Å². The van der Waals surface area contributed by atoms with E-state index in [1.54, 1.807) is 12.3 Å². The number of hydrogen-bond acceptors (Lipinski definition) is 4. The summed E-state index contributed by atoms with van der Waals surface area (Å²) in [5.41, 5.74) is 2.33. The van der Waals surface area contributed by atoms with Crippen molar-refractivity contribution in [2.45, 2.75) is 45.1 Å². The Bertz CT molecular complexity index is 680. The molecule has 5 nitrogen and oxygen atoms in total. The summed E-state index contributed by atoms with van der Waals surface area (Å²) in [6, 6.07) is 9.89. The fraction of sp³-hybridized carbons (Fsp3) is 0.389. The summed E-state index contributed by atoms with van der Waals surface area (Å²) in [5.74, 6) is 0.330. The van der Waals surface area contributed by atoms with Gasteiger partial charge in [-0.3, -0.25) is 4.79 Å². The Morgan fingerprint density at radius 3 is 2.78 bits per heavy atom. The largest absolute Gasteiger partial charge is 0.351 e. The molecule has 120 valence electrons. The molecule has 1 aromatic carbocycles. The number of aryl methyl sites for hydroxylation is 1. The molecule has 23 heavy (non-hydrogen) atoms. The summed E-state index contributed by atoms with van der Waals surface area (Å²) < 4.78 is 0. The van der Waals surface area contributed by atoms with E-state index in [9.17, 15) is 4.79 Å². The minimum atomic E-state index is -0.206. The highest BCUT2D eigenvalue weighted by Crippen LogP contribution is 2.21. The number of carbonyl (C=O) groups excluding carboxylic acids is 1. The van der Waals surface area contributed by atoms with Crippen molar-refractivity contribution in [1.82, 2.24) is 9.97 Å². The van der Waals surface area contributed by atoms with Crippen molar-refractivity contribution < 1.29 is 4.79 Å². The lowest BCUT2D eigenvalue weighted by Gasteiger charge is -2.13. The summed E-state index contributed by atoms with van der Waals surface area (Å²) >= 11 is 0. The molecular formula is C18H22N4O. The topological polar surface area (TPSA) is 66.9 Å². The highest BCUT2D eigenvalue weighted by molar-refractivity contribution is 6.03. The standard InChI is InChI=1S/C18H22N4O/c1-2-13-7-3-6-10-15(13)21-17(23)16-11-12-19-18(22-16)20-14-8-4-5-9-14/h3,6-7,10-12,14H,2,4-5,8-9H2,1H3,(H,21,23)(H,19,20,22). The predicted molar refractivity (Wildman–Crippen MR) is 91.7 cm³/mol. The summed E-state index contributed by atoms with van der Waals surface area (Å²) in [7, 11) is 0. The van der Waals surface area contributed by atoms with E-state index in [0.717, 1.165) is 30.5 Å². The zero-order valence-corrected chi connectivity index (χ0v) is 13.4. The Morgan fingerprint density at radius 2 is 2.00 bits per heavy atom. The highest BCUT2D eigenvalue weighted by Gasteiger charge is 2.17. The maximum atomic E-state index is 12.4. The first-order valence-corrected chi connectivity index (χ1v) is 8.25. The molecule has 1 heterocycles. The van der Waals surface area contributed by atoms with E-state index in [2.05, 4.69) is 27.5 Å². The van der Waals surface area contributed by atoms with Crippen molar-refractivity contribution >= 4 is 17.5 Å². The van der Waals surface area contributed by atoms with Gasteiger partial charge in [0.1, 0.15) is 5.69 Å². The number of nitrogens with zero attached hydrogens (tertiary/aromatic N) is 2. The van der Waals surface area contributed by atoms with Crippen molar-refractivity contribution in [2.75, 3.05) is 10.6 Å². The zero-order chi connectivity index (χ0) is 16.1. The molecule has 1 aliphatic carbocycles. The fourth-order valence-electron chi connectivity index (χ4n) is 2.94. The number of para-hydroxylation sites is 1. The first kappa shape index (κ1) is 15.5. The molecule has 1 amide bonds. The first-order chi connectivity index (χ1) is 11.3. The van der Waals surface area contributed by atoms with Crippen LogP contribution in [-0.2, 0) is 6.42 Å². The van der Waals surface area contributed by atoms with Crippen molar-refractivity contribution in [3.05, 3.63) is 47.8 Å². The van der Waals surface area contributed by atoms with Gasteiger partial charge in [-0.15, -0.1) is 0 Å². The second-order valence-electron chi connectivity index (χ2n) is 5.86. The summed E-state index contributed by atoms with van der Waals surface area (Å²) in [5, 5.41) is 6.26. The van der Waals surface area contributed by atoms with Gasteiger partial charge in [0, 0.05) is 17.9 Å². The number of rotatable bonds is 5. The Balaban J connectivity index is 1.71. The minimum absolute atomic E-state index is 0.206. The van der Waals surface area contributed by atoms with Crippen molar-refractivity contribution in [1.29, 1.82) is 0 Å². The van der Waals surface area contributed by atoms with Gasteiger partial charge in [-0.2, -0.15) is 0 Å². The average molecular weight is 310 g/mol. The van der Waals surface area contributed by atoms with E-state index in [-0.39, 0.29) is 5.91 Å². The van der Waals surface area contributed by atoms with Crippen LogP contribution in [0.5, 0.6) is 0 Å². The SMILES string of the molecule is CCc1ccccc1NC(=O)c1ccnc(NC2CCCC2)n1. The van der Waals surface area contributed by atoms with Crippen LogP contribution in [0.2, 0.25) is 0 Å². The Morgan fingerprint density at radius 1 is 1.22 bits per heavy atom. The van der Waals surface area contributed by atoms with Gasteiger partial charge in [0.2, 0.25) is 5.95 Å². The second kappa shape index (κ2) is 7.22. The molecule has 3 rings (SSSR count). The molecular weight excluding hydrogens is 288 g/mol. The molecule has 1 aromatic heterocycles. The monoisotopic (exact) mass is 310 g/mol. The Hall–Kier alpha value is -2.43. The maximum absolute atomic E-state index is 12.4. The molecule has 0 spiro atoms. The van der Waals surface area contributed by atoms with Gasteiger partial charge in [-0.05, 0) is 37.0 Å². The van der Waals surface area contributed by atoms with Gasteiger partial charge < -0.3 is 10.6 Å². The van der Waals surface area contributed by atoms with Crippen LogP contribution in [0, 0.1) is 0 Å². The van der Waals surface area contributed by atoms with Gasteiger partial charge in [0.25, 0.3) is 5.91 Å². The minimum Gasteiger partial charge on any atom is -0.351 e. The molecule has 5 heteroatoms. The Labute approximate surface area is 136 Å². The highest BCUT2D eigenvalue weighted by atomic mass is 16.1. The van der Waals surface area contributed by atoms with Crippen molar-refractivity contribution in [3.63, 3.8) is 0 Å². The third-order valence-corrected chi connectivity index (χ3v) is 4.22. The second-order valence-corrected chi connectivity index (χ2v) is 5.86. The summed E-state index contributed by atoms with van der Waals surface area (Å²) in [6.45, 7) is 2.07. The average Bonchev–Trinajstić information content (AvgIpc) is 3.08. The number of amides is 1. The van der Waals surface area contributed by atoms with Gasteiger partial charge in [-0.1, -0.05) is 38.0 Å². The quantitative estimate of drug-likeness (QED) is 0.884. The molecule has 1 saturated carbocycles. The zero-order valence-electron chi connectivity index (χ0n) is 13.4. The molecule has 0 aliphatic heterocycles. The third-order valence-electron chi connectivity index (χ3n) is 4.22. The summed E-state index contributed by atoms with van der Waals surface area (Å²) in [6.07, 6.45) is 7.27. The van der Waals surface area contributed by atoms with Crippen LogP contribution in [-0.4, -0.2) is 21.9 Å². The van der Waals surface area contributed by atoms with Crippen LogP contribution in [0.4, 0.5) is 11.6 Å². The van der Waals surface area contributed by atoms with Gasteiger partial charge >= 0.3 is 0 Å². The maximum Gasteiger partial charge on any atom is 0.274 e. The van der Waals surface area contributed by atoms with Crippen LogP contribution in [0.3, 0.4) is 0 Å². The van der Waals surface area contributed by atoms with E-state index in [1.807, 2.05) is 24.3 Å². The van der Waals surface area contributed by atoms with E-state index in [0.29, 0.717) is 17.7 Å². The molecule has 1 aliphatic rings. The van der Waals surface area contributed by atoms with Crippen LogP contribution in [0.15, 0.2) is 36.5 Å². The lowest BCUT2D eigenvalue weighted by molar-refractivity contribution is 0.102. The third kappa shape index (κ3) is 3.86. The molecule has 0 bridgehead atoms. The molecule has 2 aromatic rings. The number of carbonyl (C=O) groups is 1. The lowest BCUT2D eigenvalue weighted by atomic mass is 10.1. The number of hydrogen-bond donors (Lipinski definition) is 2. The van der Waals surface area contributed by atoms with E-state index in [1.165, 1.54) is 12.8 Å². The van der Waals surface area contributed by atoms with Crippen LogP contribution in [0.25, 0.3) is 0 Å². The number of aromatic nitrogens is 2. The molecule has 0 saturated heterocycles. The molecule has 1 fully saturated rings. The number of nitrogens with one attached hydrogen (secondary N) is 2. The first-order valence-electron chi connectivity index (χ1n) is 8.25. The molecule has 0 atom stereocenters. The predicted octanol–water partition coefficient (Wildman–Crippen LogP) is 3.65. The van der Waals surface area contributed by atoms with Gasteiger partial charge in [0.15, 0.2) is 0 Å². The number of anilines is 2. The van der Waals surface area contributed by atoms with Gasteiger partial charge in [0.05, 0.1) is 0 Å². The Kier molecular flexibility index (Phi) is 4.86. The van der Waals surface area contributed by atoms with Crippen LogP contribution in [0.1, 0.15) is 48.7 Å². The van der Waals surface area contributed by atoms with Gasteiger partial charge in [-0.25, -0.2) is 9.97 Å². The molecule has 0 radical (unpaired) electrons. The normalized spacial score (nSPS) is 14.7.